The fourth-order valence-electron chi connectivity index (χ4n) is 3.54. The Balaban J connectivity index is 2.07. The SMILES string of the molecule is CC(=O)NC1C(OCCNC(=O)OCc2ccccc2)OC(COC(C)=O)C(OC(C)=O)C1OC(C)=O. The zero-order valence-electron chi connectivity index (χ0n) is 21.1. The van der Waals surface area contributed by atoms with E-state index in [-0.39, 0.29) is 26.4 Å². The van der Waals surface area contributed by atoms with Crippen LogP contribution in [0.15, 0.2) is 30.3 Å². The Bertz CT molecular complexity index is 940. The molecule has 1 heterocycles. The summed E-state index contributed by atoms with van der Waals surface area (Å²) < 4.78 is 32.4. The van der Waals surface area contributed by atoms with Gasteiger partial charge in [-0.05, 0) is 5.56 Å². The molecule has 1 aromatic carbocycles. The van der Waals surface area contributed by atoms with Crippen molar-refractivity contribution in [2.24, 2.45) is 0 Å². The summed E-state index contributed by atoms with van der Waals surface area (Å²) in [5.74, 6) is -2.54. The zero-order chi connectivity index (χ0) is 27.4. The molecule has 204 valence electrons. The number of benzene rings is 1. The zero-order valence-corrected chi connectivity index (χ0v) is 21.1. The van der Waals surface area contributed by atoms with Gasteiger partial charge in [-0.2, -0.15) is 0 Å². The minimum absolute atomic E-state index is 0.0144. The molecule has 1 aliphatic heterocycles. The summed E-state index contributed by atoms with van der Waals surface area (Å²) in [5, 5.41) is 5.11. The van der Waals surface area contributed by atoms with Gasteiger partial charge in [-0.3, -0.25) is 19.2 Å². The molecule has 0 bridgehead atoms. The van der Waals surface area contributed by atoms with Gasteiger partial charge in [0.2, 0.25) is 5.91 Å². The van der Waals surface area contributed by atoms with Gasteiger partial charge in [-0.15, -0.1) is 0 Å². The number of nitrogens with one attached hydrogen (secondary N) is 2. The molecule has 13 heteroatoms. The molecule has 1 aliphatic rings. The maximum Gasteiger partial charge on any atom is 0.407 e. The number of hydrogen-bond acceptors (Lipinski definition) is 11. The van der Waals surface area contributed by atoms with Gasteiger partial charge in [-0.1, -0.05) is 30.3 Å². The summed E-state index contributed by atoms with van der Waals surface area (Å²) in [7, 11) is 0. The van der Waals surface area contributed by atoms with Crippen LogP contribution in [-0.2, 0) is 54.2 Å². The second-order valence-corrected chi connectivity index (χ2v) is 8.08. The molecular weight excluding hydrogens is 492 g/mol. The van der Waals surface area contributed by atoms with Gasteiger partial charge in [0.1, 0.15) is 25.4 Å². The summed E-state index contributed by atoms with van der Waals surface area (Å²) in [6.45, 7) is 4.37. The summed E-state index contributed by atoms with van der Waals surface area (Å²) in [6, 6.07) is 8.03. The standard InChI is InChI=1S/C24H32N2O11/c1-14(27)26-20-22(36-17(4)30)21(35-16(3)29)19(13-33-15(2)28)37-23(20)32-11-10-25-24(31)34-12-18-8-6-5-7-9-18/h5-9,19-23H,10-13H2,1-4H3,(H,25,31)(H,26,27). The summed E-state index contributed by atoms with van der Waals surface area (Å²) >= 11 is 0. The Labute approximate surface area is 214 Å². The maximum atomic E-state index is 12.0. The second kappa shape index (κ2) is 14.8. The minimum atomic E-state index is -1.23. The van der Waals surface area contributed by atoms with Crippen LogP contribution in [0.1, 0.15) is 33.3 Å². The van der Waals surface area contributed by atoms with E-state index < -0.39 is 60.6 Å². The lowest BCUT2D eigenvalue weighted by atomic mass is 9.96. The fraction of sp³-hybridized carbons (Fsp3) is 0.542. The van der Waals surface area contributed by atoms with E-state index in [1.165, 1.54) is 13.8 Å². The van der Waals surface area contributed by atoms with Crippen molar-refractivity contribution < 1.29 is 52.4 Å². The van der Waals surface area contributed by atoms with Crippen LogP contribution in [0.3, 0.4) is 0 Å². The molecule has 5 unspecified atom stereocenters. The highest BCUT2D eigenvalue weighted by atomic mass is 16.7. The first kappa shape index (κ1) is 29.5. The molecule has 0 aromatic heterocycles. The number of carbonyl (C=O) groups excluding carboxylic acids is 5. The van der Waals surface area contributed by atoms with Crippen molar-refractivity contribution >= 4 is 29.9 Å². The average Bonchev–Trinajstić information content (AvgIpc) is 2.82. The van der Waals surface area contributed by atoms with E-state index in [0.29, 0.717) is 0 Å². The molecule has 1 fully saturated rings. The molecule has 0 spiro atoms. The van der Waals surface area contributed by atoms with Gasteiger partial charge in [0.15, 0.2) is 18.5 Å². The smallest absolute Gasteiger partial charge is 0.407 e. The monoisotopic (exact) mass is 524 g/mol. The first-order valence-electron chi connectivity index (χ1n) is 11.5. The van der Waals surface area contributed by atoms with Crippen LogP contribution in [0.4, 0.5) is 4.79 Å². The van der Waals surface area contributed by atoms with Gasteiger partial charge < -0.3 is 39.1 Å². The van der Waals surface area contributed by atoms with Crippen LogP contribution in [0.5, 0.6) is 0 Å². The maximum absolute atomic E-state index is 12.0. The third-order valence-corrected chi connectivity index (χ3v) is 4.94. The van der Waals surface area contributed by atoms with Crippen molar-refractivity contribution in [1.82, 2.24) is 10.6 Å². The highest BCUT2D eigenvalue weighted by Gasteiger charge is 2.51. The number of ether oxygens (including phenoxy) is 6. The molecule has 0 saturated carbocycles. The topological polar surface area (TPSA) is 165 Å². The molecule has 0 radical (unpaired) electrons. The van der Waals surface area contributed by atoms with Crippen molar-refractivity contribution in [1.29, 1.82) is 0 Å². The summed E-state index contributed by atoms with van der Waals surface area (Å²) in [4.78, 5) is 58.9. The Hall–Kier alpha value is -3.71. The van der Waals surface area contributed by atoms with Gasteiger partial charge in [-0.25, -0.2) is 4.79 Å². The van der Waals surface area contributed by atoms with E-state index in [0.717, 1.165) is 19.4 Å². The minimum Gasteiger partial charge on any atom is -0.463 e. The molecule has 2 amide bonds. The number of hydrogen-bond donors (Lipinski definition) is 2. The van der Waals surface area contributed by atoms with Gasteiger partial charge in [0.25, 0.3) is 0 Å². The number of rotatable bonds is 11. The third-order valence-electron chi connectivity index (χ3n) is 4.94. The summed E-state index contributed by atoms with van der Waals surface area (Å²) in [5.41, 5.74) is 0.820. The first-order chi connectivity index (χ1) is 17.6. The van der Waals surface area contributed by atoms with Crippen LogP contribution < -0.4 is 10.6 Å². The van der Waals surface area contributed by atoms with E-state index >= 15 is 0 Å². The van der Waals surface area contributed by atoms with Crippen LogP contribution >= 0.6 is 0 Å². The van der Waals surface area contributed by atoms with Crippen molar-refractivity contribution in [3.8, 4) is 0 Å². The van der Waals surface area contributed by atoms with Crippen molar-refractivity contribution in [2.45, 2.75) is 64.9 Å². The van der Waals surface area contributed by atoms with E-state index in [2.05, 4.69) is 10.6 Å². The van der Waals surface area contributed by atoms with Gasteiger partial charge in [0.05, 0.1) is 6.61 Å². The molecular formula is C24H32N2O11. The number of amides is 2. The van der Waals surface area contributed by atoms with Crippen molar-refractivity contribution in [3.63, 3.8) is 0 Å². The van der Waals surface area contributed by atoms with Crippen LogP contribution in [0.2, 0.25) is 0 Å². The largest absolute Gasteiger partial charge is 0.463 e. The molecule has 1 saturated heterocycles. The van der Waals surface area contributed by atoms with Crippen LogP contribution in [-0.4, -0.2) is 80.3 Å². The van der Waals surface area contributed by atoms with E-state index in [1.54, 1.807) is 0 Å². The third kappa shape index (κ3) is 10.4. The highest BCUT2D eigenvalue weighted by molar-refractivity contribution is 5.73. The highest BCUT2D eigenvalue weighted by Crippen LogP contribution is 2.28. The Morgan fingerprint density at radius 3 is 2.11 bits per heavy atom. The summed E-state index contributed by atoms with van der Waals surface area (Å²) in [6.07, 6.45) is -5.42. The second-order valence-electron chi connectivity index (χ2n) is 8.08. The normalized spacial score (nSPS) is 22.8. The predicted molar refractivity (Wildman–Crippen MR) is 125 cm³/mol. The molecule has 13 nitrogen and oxygen atoms in total. The van der Waals surface area contributed by atoms with E-state index in [1.807, 2.05) is 30.3 Å². The van der Waals surface area contributed by atoms with Crippen LogP contribution in [0, 0.1) is 0 Å². The molecule has 1 aromatic rings. The molecule has 5 atom stereocenters. The lowest BCUT2D eigenvalue weighted by Gasteiger charge is -2.44. The van der Waals surface area contributed by atoms with Gasteiger partial charge in [0, 0.05) is 34.2 Å². The molecule has 37 heavy (non-hydrogen) atoms. The number of alkyl carbamates (subject to hydrolysis) is 1. The van der Waals surface area contributed by atoms with Crippen molar-refractivity contribution in [3.05, 3.63) is 35.9 Å². The fourth-order valence-corrected chi connectivity index (χ4v) is 3.54. The first-order valence-corrected chi connectivity index (χ1v) is 11.5. The lowest BCUT2D eigenvalue weighted by Crippen LogP contribution is -2.66. The molecule has 2 rings (SSSR count). The van der Waals surface area contributed by atoms with E-state index in [4.69, 9.17) is 28.4 Å². The Morgan fingerprint density at radius 1 is 0.865 bits per heavy atom. The van der Waals surface area contributed by atoms with Crippen molar-refractivity contribution in [2.75, 3.05) is 19.8 Å². The Kier molecular flexibility index (Phi) is 11.8. The average molecular weight is 525 g/mol. The van der Waals surface area contributed by atoms with Crippen LogP contribution in [0.25, 0.3) is 0 Å². The quantitative estimate of drug-likeness (QED) is 0.236. The van der Waals surface area contributed by atoms with E-state index in [9.17, 15) is 24.0 Å². The molecule has 2 N–H and O–H groups in total. The van der Waals surface area contributed by atoms with Gasteiger partial charge >= 0.3 is 24.0 Å². The predicted octanol–water partition coefficient (Wildman–Crippen LogP) is 0.586. The number of carbonyl (C=O) groups is 5. The number of esters is 3. The Morgan fingerprint density at radius 2 is 1.51 bits per heavy atom. The lowest BCUT2D eigenvalue weighted by molar-refractivity contribution is -0.277. The molecule has 0 aliphatic carbocycles.